The van der Waals surface area contributed by atoms with Crippen molar-refractivity contribution in [2.24, 2.45) is 0 Å². The molecular formula is C20H19ClFNO5S. The lowest BCUT2D eigenvalue weighted by atomic mass is 10.0. The van der Waals surface area contributed by atoms with E-state index in [2.05, 4.69) is 6.58 Å². The molecule has 0 amide bonds. The molecule has 0 aliphatic carbocycles. The van der Waals surface area contributed by atoms with Gasteiger partial charge in [-0.3, -0.25) is 4.79 Å². The van der Waals surface area contributed by atoms with E-state index in [1.165, 1.54) is 42.5 Å². The Morgan fingerprint density at radius 1 is 1.28 bits per heavy atom. The number of hydrogen-bond donors (Lipinski definition) is 0. The summed E-state index contributed by atoms with van der Waals surface area (Å²) in [5.74, 6) is -1.32. The quantitative estimate of drug-likeness (QED) is 0.667. The summed E-state index contributed by atoms with van der Waals surface area (Å²) in [5, 5.41) is 0.368. The minimum Gasteiger partial charge on any atom is -0.468 e. The molecular weight excluding hydrogens is 421 g/mol. The first-order chi connectivity index (χ1) is 13.8. The van der Waals surface area contributed by atoms with Crippen LogP contribution >= 0.6 is 11.6 Å². The van der Waals surface area contributed by atoms with Gasteiger partial charge in [0, 0.05) is 5.02 Å². The smallest absolute Gasteiger partial charge is 0.326 e. The fourth-order valence-electron chi connectivity index (χ4n) is 3.22. The van der Waals surface area contributed by atoms with Crippen molar-refractivity contribution in [1.29, 1.82) is 0 Å². The van der Waals surface area contributed by atoms with Gasteiger partial charge in [0.05, 0.1) is 31.3 Å². The number of rotatable bonds is 5. The molecule has 9 heteroatoms. The Labute approximate surface area is 173 Å². The van der Waals surface area contributed by atoms with E-state index in [1.807, 2.05) is 0 Å². The van der Waals surface area contributed by atoms with Crippen molar-refractivity contribution in [2.45, 2.75) is 17.0 Å². The van der Waals surface area contributed by atoms with Gasteiger partial charge in [0.1, 0.15) is 11.9 Å². The van der Waals surface area contributed by atoms with Crippen molar-refractivity contribution in [3.63, 3.8) is 0 Å². The van der Waals surface area contributed by atoms with Crippen LogP contribution in [-0.2, 0) is 24.3 Å². The SMILES string of the molecule is C=Cc1cc(F)cc([C@@H]2COC[C@H](C(=O)OC)N2S(=O)(=O)c2ccc(Cl)cc2)c1. The second kappa shape index (κ2) is 8.62. The van der Waals surface area contributed by atoms with Gasteiger partial charge < -0.3 is 9.47 Å². The first-order valence-electron chi connectivity index (χ1n) is 8.65. The number of halogens is 2. The molecule has 0 unspecified atom stereocenters. The zero-order valence-electron chi connectivity index (χ0n) is 15.5. The van der Waals surface area contributed by atoms with Crippen LogP contribution in [0.25, 0.3) is 6.08 Å². The number of hydrogen-bond acceptors (Lipinski definition) is 5. The van der Waals surface area contributed by atoms with Crippen LogP contribution in [0.3, 0.4) is 0 Å². The Hall–Kier alpha value is -2.26. The minimum atomic E-state index is -4.17. The summed E-state index contributed by atoms with van der Waals surface area (Å²) >= 11 is 5.87. The molecule has 1 aliphatic rings. The van der Waals surface area contributed by atoms with Crippen LogP contribution in [0.4, 0.5) is 4.39 Å². The van der Waals surface area contributed by atoms with Crippen molar-refractivity contribution >= 4 is 33.7 Å². The van der Waals surface area contributed by atoms with E-state index >= 15 is 0 Å². The highest BCUT2D eigenvalue weighted by molar-refractivity contribution is 7.89. The lowest BCUT2D eigenvalue weighted by molar-refractivity contribution is -0.152. The molecule has 0 aromatic heterocycles. The molecule has 0 radical (unpaired) electrons. The van der Waals surface area contributed by atoms with Crippen LogP contribution in [0, 0.1) is 5.82 Å². The summed E-state index contributed by atoms with van der Waals surface area (Å²) < 4.78 is 52.3. The van der Waals surface area contributed by atoms with Gasteiger partial charge in [-0.05, 0) is 53.6 Å². The molecule has 1 heterocycles. The Balaban J connectivity index is 2.16. The number of sulfonamides is 1. The van der Waals surface area contributed by atoms with E-state index in [9.17, 15) is 17.6 Å². The van der Waals surface area contributed by atoms with E-state index < -0.39 is 33.9 Å². The van der Waals surface area contributed by atoms with Crippen LogP contribution < -0.4 is 0 Å². The molecule has 2 aromatic carbocycles. The Kier molecular flexibility index (Phi) is 6.38. The van der Waals surface area contributed by atoms with Gasteiger partial charge in [-0.2, -0.15) is 4.31 Å². The monoisotopic (exact) mass is 439 g/mol. The lowest BCUT2D eigenvalue weighted by Gasteiger charge is -2.39. The summed E-state index contributed by atoms with van der Waals surface area (Å²) in [5.41, 5.74) is 0.815. The van der Waals surface area contributed by atoms with Crippen LogP contribution in [0.1, 0.15) is 17.2 Å². The summed E-state index contributed by atoms with van der Waals surface area (Å²) in [6, 6.07) is 7.50. The first kappa shape index (κ1) is 21.4. The van der Waals surface area contributed by atoms with Gasteiger partial charge in [-0.15, -0.1) is 0 Å². The molecule has 0 bridgehead atoms. The summed E-state index contributed by atoms with van der Waals surface area (Å²) in [6.07, 6.45) is 1.45. The number of carbonyl (C=O) groups is 1. The maximum Gasteiger partial charge on any atom is 0.326 e. The number of methoxy groups -OCH3 is 1. The van der Waals surface area contributed by atoms with E-state index in [4.69, 9.17) is 21.1 Å². The number of morpholine rings is 1. The highest BCUT2D eigenvalue weighted by Gasteiger charge is 2.45. The molecule has 29 heavy (non-hydrogen) atoms. The topological polar surface area (TPSA) is 72.9 Å². The third kappa shape index (κ3) is 4.35. The van der Waals surface area contributed by atoms with E-state index in [0.29, 0.717) is 16.1 Å². The van der Waals surface area contributed by atoms with Gasteiger partial charge in [-0.25, -0.2) is 12.8 Å². The van der Waals surface area contributed by atoms with Crippen molar-refractivity contribution in [3.05, 3.63) is 71.0 Å². The average molecular weight is 440 g/mol. The van der Waals surface area contributed by atoms with Crippen molar-refractivity contribution in [2.75, 3.05) is 20.3 Å². The third-order valence-corrected chi connectivity index (χ3v) is 6.77. The third-order valence-electron chi connectivity index (χ3n) is 4.59. The maximum absolute atomic E-state index is 14.1. The average Bonchev–Trinajstić information content (AvgIpc) is 2.72. The number of nitrogens with zero attached hydrogens (tertiary/aromatic N) is 1. The fourth-order valence-corrected chi connectivity index (χ4v) is 5.06. The largest absolute Gasteiger partial charge is 0.468 e. The van der Waals surface area contributed by atoms with Crippen LogP contribution in [0.15, 0.2) is 53.9 Å². The number of ether oxygens (including phenoxy) is 2. The number of esters is 1. The van der Waals surface area contributed by atoms with Crippen molar-refractivity contribution in [1.82, 2.24) is 4.31 Å². The van der Waals surface area contributed by atoms with Crippen LogP contribution in [-0.4, -0.2) is 45.1 Å². The molecule has 2 aromatic rings. The normalized spacial score (nSPS) is 20.2. The Morgan fingerprint density at radius 3 is 2.59 bits per heavy atom. The van der Waals surface area contributed by atoms with Gasteiger partial charge >= 0.3 is 5.97 Å². The molecule has 2 atom stereocenters. The summed E-state index contributed by atoms with van der Waals surface area (Å²) in [6.45, 7) is 3.39. The van der Waals surface area contributed by atoms with E-state index in [-0.39, 0.29) is 18.1 Å². The van der Waals surface area contributed by atoms with Gasteiger partial charge in [0.2, 0.25) is 10.0 Å². The zero-order chi connectivity index (χ0) is 21.2. The van der Waals surface area contributed by atoms with E-state index in [0.717, 1.165) is 11.4 Å². The maximum atomic E-state index is 14.1. The molecule has 1 aliphatic heterocycles. The molecule has 3 rings (SSSR count). The number of benzene rings is 2. The highest BCUT2D eigenvalue weighted by atomic mass is 35.5. The molecule has 0 spiro atoms. The molecule has 1 saturated heterocycles. The van der Waals surface area contributed by atoms with Gasteiger partial charge in [-0.1, -0.05) is 24.3 Å². The van der Waals surface area contributed by atoms with Gasteiger partial charge in [0.25, 0.3) is 0 Å². The Bertz CT molecular complexity index is 1030. The van der Waals surface area contributed by atoms with Crippen molar-refractivity contribution in [3.8, 4) is 0 Å². The second-order valence-electron chi connectivity index (χ2n) is 6.40. The van der Waals surface area contributed by atoms with Crippen LogP contribution in [0.5, 0.6) is 0 Å². The minimum absolute atomic E-state index is 0.0527. The van der Waals surface area contributed by atoms with Crippen molar-refractivity contribution < 1.29 is 27.1 Å². The molecule has 6 nitrogen and oxygen atoms in total. The predicted octanol–water partition coefficient (Wildman–Crippen LogP) is 3.43. The molecule has 154 valence electrons. The second-order valence-corrected chi connectivity index (χ2v) is 8.68. The number of carbonyl (C=O) groups excluding carboxylic acids is 1. The Morgan fingerprint density at radius 2 is 1.97 bits per heavy atom. The predicted molar refractivity (Wildman–Crippen MR) is 106 cm³/mol. The fraction of sp³-hybridized carbons (Fsp3) is 0.250. The van der Waals surface area contributed by atoms with E-state index in [1.54, 1.807) is 6.07 Å². The zero-order valence-corrected chi connectivity index (χ0v) is 17.1. The highest BCUT2D eigenvalue weighted by Crippen LogP contribution is 2.35. The van der Waals surface area contributed by atoms with Crippen LogP contribution in [0.2, 0.25) is 5.02 Å². The molecule has 0 N–H and O–H groups in total. The summed E-state index contributed by atoms with van der Waals surface area (Å²) in [4.78, 5) is 12.3. The first-order valence-corrected chi connectivity index (χ1v) is 10.5. The summed E-state index contributed by atoms with van der Waals surface area (Å²) in [7, 11) is -3.00. The lowest BCUT2D eigenvalue weighted by Crippen LogP contribution is -2.54. The van der Waals surface area contributed by atoms with Gasteiger partial charge in [0.15, 0.2) is 0 Å². The molecule has 0 saturated carbocycles. The molecule has 1 fully saturated rings. The standard InChI is InChI=1S/C20H19ClFNO5S/c1-3-13-8-14(10-16(22)9-13)18-11-28-12-19(20(24)27-2)23(18)29(25,26)17-6-4-15(21)5-7-17/h3-10,18-19H,1,11-12H2,2H3/t18-,19+/m0/s1.